The van der Waals surface area contributed by atoms with E-state index in [1.807, 2.05) is 39.0 Å². The lowest BCUT2D eigenvalue weighted by atomic mass is 10.1. The van der Waals surface area contributed by atoms with Crippen LogP contribution in [0.3, 0.4) is 0 Å². The zero-order valence-corrected chi connectivity index (χ0v) is 13.6. The molecule has 6 nitrogen and oxygen atoms in total. The van der Waals surface area contributed by atoms with Gasteiger partial charge < -0.3 is 16.5 Å². The van der Waals surface area contributed by atoms with Crippen LogP contribution in [0.1, 0.15) is 33.3 Å². The summed E-state index contributed by atoms with van der Waals surface area (Å²) < 4.78 is 0. The standard InChI is InChI=1S/C16H24N6/c1-5-11-8-6-7-9-12(11)20-14-13(17)15(19-10-18-14)21-22-16(2,3)4/h6-10,22H,5,17H2,1-4H3,(H2,18,19,20,21). The monoisotopic (exact) mass is 300 g/mol. The highest BCUT2D eigenvalue weighted by Crippen LogP contribution is 2.27. The Bertz CT molecular complexity index is 633. The number of anilines is 4. The number of nitrogen functional groups attached to an aromatic ring is 1. The molecule has 0 saturated carbocycles. The van der Waals surface area contributed by atoms with Gasteiger partial charge in [-0.25, -0.2) is 15.4 Å². The molecule has 0 amide bonds. The SMILES string of the molecule is CCc1ccccc1Nc1ncnc(NNC(C)(C)C)c1N. The van der Waals surface area contributed by atoms with Gasteiger partial charge in [0.1, 0.15) is 12.0 Å². The molecule has 2 rings (SSSR count). The Balaban J connectivity index is 2.22. The number of aryl methyl sites for hydroxylation is 1. The number of aromatic nitrogens is 2. The summed E-state index contributed by atoms with van der Waals surface area (Å²) in [6, 6.07) is 8.10. The van der Waals surface area contributed by atoms with Crippen LogP contribution in [0.4, 0.5) is 23.0 Å². The Morgan fingerprint density at radius 3 is 2.45 bits per heavy atom. The number of benzene rings is 1. The van der Waals surface area contributed by atoms with Gasteiger partial charge in [-0.05, 0) is 38.8 Å². The van der Waals surface area contributed by atoms with Crippen LogP contribution in [0, 0.1) is 0 Å². The van der Waals surface area contributed by atoms with E-state index in [0.717, 1.165) is 12.1 Å². The fourth-order valence-electron chi connectivity index (χ4n) is 1.92. The number of hydrazine groups is 1. The summed E-state index contributed by atoms with van der Waals surface area (Å²) in [4.78, 5) is 8.42. The highest BCUT2D eigenvalue weighted by molar-refractivity contribution is 5.78. The van der Waals surface area contributed by atoms with E-state index in [0.29, 0.717) is 17.3 Å². The molecule has 0 aliphatic carbocycles. The van der Waals surface area contributed by atoms with Gasteiger partial charge in [0.15, 0.2) is 11.6 Å². The van der Waals surface area contributed by atoms with Crippen LogP contribution in [0.5, 0.6) is 0 Å². The van der Waals surface area contributed by atoms with Crippen LogP contribution < -0.4 is 21.9 Å². The summed E-state index contributed by atoms with van der Waals surface area (Å²) in [6.45, 7) is 8.26. The second kappa shape index (κ2) is 6.62. The van der Waals surface area contributed by atoms with Gasteiger partial charge >= 0.3 is 0 Å². The maximum atomic E-state index is 6.16. The molecule has 0 fully saturated rings. The molecule has 0 aliphatic heterocycles. The van der Waals surface area contributed by atoms with Crippen LogP contribution in [0.2, 0.25) is 0 Å². The molecule has 6 heteroatoms. The molecule has 2 aromatic rings. The van der Waals surface area contributed by atoms with Gasteiger partial charge in [-0.3, -0.25) is 0 Å². The Labute approximate surface area is 131 Å². The van der Waals surface area contributed by atoms with Crippen molar-refractivity contribution in [3.05, 3.63) is 36.2 Å². The van der Waals surface area contributed by atoms with Gasteiger partial charge in [-0.2, -0.15) is 0 Å². The highest BCUT2D eigenvalue weighted by Gasteiger charge is 2.13. The van der Waals surface area contributed by atoms with Crippen molar-refractivity contribution in [2.45, 2.75) is 39.7 Å². The first-order chi connectivity index (χ1) is 10.4. The predicted molar refractivity (Wildman–Crippen MR) is 92.1 cm³/mol. The summed E-state index contributed by atoms with van der Waals surface area (Å²) in [5, 5.41) is 3.29. The lowest BCUT2D eigenvalue weighted by Gasteiger charge is -2.22. The van der Waals surface area contributed by atoms with E-state index in [2.05, 4.69) is 39.1 Å². The lowest BCUT2D eigenvalue weighted by molar-refractivity contribution is 0.464. The first-order valence-corrected chi connectivity index (χ1v) is 7.39. The van der Waals surface area contributed by atoms with Crippen molar-refractivity contribution in [3.63, 3.8) is 0 Å². The third kappa shape index (κ3) is 4.08. The molecule has 0 saturated heterocycles. The third-order valence-corrected chi connectivity index (χ3v) is 3.09. The number of hydrogen-bond acceptors (Lipinski definition) is 6. The van der Waals surface area contributed by atoms with E-state index in [1.165, 1.54) is 11.9 Å². The Morgan fingerprint density at radius 1 is 1.09 bits per heavy atom. The molecule has 0 atom stereocenters. The van der Waals surface area contributed by atoms with Gasteiger partial charge in [0.05, 0.1) is 0 Å². The summed E-state index contributed by atoms with van der Waals surface area (Å²) >= 11 is 0. The molecule has 0 spiro atoms. The molecule has 1 aromatic carbocycles. The van der Waals surface area contributed by atoms with Crippen molar-refractivity contribution in [2.75, 3.05) is 16.5 Å². The van der Waals surface area contributed by atoms with Crippen molar-refractivity contribution < 1.29 is 0 Å². The van der Waals surface area contributed by atoms with Crippen molar-refractivity contribution in [1.82, 2.24) is 15.4 Å². The zero-order valence-electron chi connectivity index (χ0n) is 13.6. The van der Waals surface area contributed by atoms with Gasteiger partial charge in [-0.15, -0.1) is 0 Å². The lowest BCUT2D eigenvalue weighted by Crippen LogP contribution is -2.40. The van der Waals surface area contributed by atoms with Crippen molar-refractivity contribution in [3.8, 4) is 0 Å². The molecule has 0 radical (unpaired) electrons. The smallest absolute Gasteiger partial charge is 0.169 e. The Kier molecular flexibility index (Phi) is 4.82. The molecule has 0 bridgehead atoms. The molecule has 1 heterocycles. The minimum atomic E-state index is -0.0974. The van der Waals surface area contributed by atoms with Gasteiger partial charge in [0.2, 0.25) is 0 Å². The number of rotatable bonds is 5. The van der Waals surface area contributed by atoms with Crippen LogP contribution in [0.25, 0.3) is 0 Å². The van der Waals surface area contributed by atoms with Crippen LogP contribution in [-0.4, -0.2) is 15.5 Å². The predicted octanol–water partition coefficient (Wildman–Crippen LogP) is 3.08. The largest absolute Gasteiger partial charge is 0.393 e. The van der Waals surface area contributed by atoms with Crippen LogP contribution in [0.15, 0.2) is 30.6 Å². The van der Waals surface area contributed by atoms with E-state index in [4.69, 9.17) is 5.73 Å². The number of nitrogens with one attached hydrogen (secondary N) is 3. The average Bonchev–Trinajstić information content (AvgIpc) is 2.48. The van der Waals surface area contributed by atoms with Gasteiger partial charge in [-0.1, -0.05) is 25.1 Å². The number of nitrogens with two attached hydrogens (primary N) is 1. The number of nitrogens with zero attached hydrogens (tertiary/aromatic N) is 2. The fraction of sp³-hybridized carbons (Fsp3) is 0.375. The second-order valence-corrected chi connectivity index (χ2v) is 6.12. The fourth-order valence-corrected chi connectivity index (χ4v) is 1.92. The summed E-state index contributed by atoms with van der Waals surface area (Å²) in [7, 11) is 0. The van der Waals surface area contributed by atoms with Gasteiger partial charge in [0.25, 0.3) is 0 Å². The van der Waals surface area contributed by atoms with E-state index < -0.39 is 0 Å². The normalized spacial score (nSPS) is 11.3. The quantitative estimate of drug-likeness (QED) is 0.635. The highest BCUT2D eigenvalue weighted by atomic mass is 15.4. The number of para-hydroxylation sites is 1. The van der Waals surface area contributed by atoms with E-state index in [9.17, 15) is 0 Å². The minimum absolute atomic E-state index is 0.0974. The van der Waals surface area contributed by atoms with Crippen molar-refractivity contribution in [1.29, 1.82) is 0 Å². The minimum Gasteiger partial charge on any atom is -0.393 e. The van der Waals surface area contributed by atoms with E-state index in [-0.39, 0.29) is 5.54 Å². The van der Waals surface area contributed by atoms with E-state index >= 15 is 0 Å². The molecular weight excluding hydrogens is 276 g/mol. The van der Waals surface area contributed by atoms with Crippen LogP contribution in [-0.2, 0) is 6.42 Å². The molecule has 1 aromatic heterocycles. The van der Waals surface area contributed by atoms with Crippen molar-refractivity contribution >= 4 is 23.0 Å². The number of hydrogen-bond donors (Lipinski definition) is 4. The zero-order chi connectivity index (χ0) is 16.2. The van der Waals surface area contributed by atoms with Crippen molar-refractivity contribution in [2.24, 2.45) is 0 Å². The summed E-state index contributed by atoms with van der Waals surface area (Å²) in [5.74, 6) is 1.15. The van der Waals surface area contributed by atoms with Gasteiger partial charge in [0, 0.05) is 11.2 Å². The first kappa shape index (κ1) is 16.0. The molecule has 0 aliphatic rings. The molecular formula is C16H24N6. The molecule has 5 N–H and O–H groups in total. The average molecular weight is 300 g/mol. The Hall–Kier alpha value is -2.34. The molecule has 22 heavy (non-hydrogen) atoms. The van der Waals surface area contributed by atoms with E-state index in [1.54, 1.807) is 0 Å². The topological polar surface area (TPSA) is 87.9 Å². The third-order valence-electron chi connectivity index (χ3n) is 3.09. The Morgan fingerprint density at radius 2 is 1.77 bits per heavy atom. The first-order valence-electron chi connectivity index (χ1n) is 7.39. The molecule has 118 valence electrons. The summed E-state index contributed by atoms with van der Waals surface area (Å²) in [6.07, 6.45) is 2.42. The van der Waals surface area contributed by atoms with Crippen LogP contribution >= 0.6 is 0 Å². The maximum absolute atomic E-state index is 6.16. The maximum Gasteiger partial charge on any atom is 0.169 e. The second-order valence-electron chi connectivity index (χ2n) is 6.12. The summed E-state index contributed by atoms with van der Waals surface area (Å²) in [5.41, 5.74) is 14.9. The molecule has 0 unspecified atom stereocenters.